The number of carbonyl (C=O) groups excluding carboxylic acids is 2. The maximum atomic E-state index is 12.1. The molecule has 0 bridgehead atoms. The molecule has 2 amide bonds. The Kier molecular flexibility index (Phi) is 4.25. The Morgan fingerprint density at radius 2 is 1.92 bits per heavy atom. The molecule has 2 aromatic carbocycles. The van der Waals surface area contributed by atoms with E-state index in [0.29, 0.717) is 12.0 Å². The summed E-state index contributed by atoms with van der Waals surface area (Å²) in [5.74, 6) is 0.185. The van der Waals surface area contributed by atoms with Gasteiger partial charge in [-0.2, -0.15) is 0 Å². The highest BCUT2D eigenvalue weighted by Gasteiger charge is 2.27. The lowest BCUT2D eigenvalue weighted by atomic mass is 9.84. The molecule has 5 nitrogen and oxygen atoms in total. The van der Waals surface area contributed by atoms with E-state index in [2.05, 4.69) is 5.32 Å². The van der Waals surface area contributed by atoms with Crippen LogP contribution in [0.1, 0.15) is 47.7 Å². The highest BCUT2D eigenvalue weighted by molar-refractivity contribution is 5.96. The molecule has 0 saturated heterocycles. The molecule has 1 unspecified atom stereocenters. The zero-order valence-corrected chi connectivity index (χ0v) is 13.7. The van der Waals surface area contributed by atoms with Crippen LogP contribution in [0.3, 0.4) is 0 Å². The van der Waals surface area contributed by atoms with Crippen molar-refractivity contribution in [3.8, 4) is 5.75 Å². The first kappa shape index (κ1) is 16.1. The molecule has 1 atom stereocenters. The lowest BCUT2D eigenvalue weighted by Crippen LogP contribution is -2.23. The van der Waals surface area contributed by atoms with Crippen LogP contribution in [-0.2, 0) is 4.79 Å². The van der Waals surface area contributed by atoms with Crippen LogP contribution in [0.25, 0.3) is 0 Å². The molecular formula is C19H20N2O3. The minimum Gasteiger partial charge on any atom is -0.491 e. The Bertz CT molecular complexity index is 782. The molecule has 1 aliphatic heterocycles. The fourth-order valence-electron chi connectivity index (χ4n) is 2.97. The topological polar surface area (TPSA) is 81.4 Å². The molecule has 124 valence electrons. The lowest BCUT2D eigenvalue weighted by molar-refractivity contribution is -0.116. The summed E-state index contributed by atoms with van der Waals surface area (Å²) in [5, 5.41) is 2.91. The summed E-state index contributed by atoms with van der Waals surface area (Å²) in [6.07, 6.45) is 0.437. The molecule has 0 spiro atoms. The number of anilines is 1. The first-order chi connectivity index (χ1) is 11.4. The van der Waals surface area contributed by atoms with E-state index in [1.54, 1.807) is 12.1 Å². The number of carbonyl (C=O) groups is 2. The van der Waals surface area contributed by atoms with E-state index in [9.17, 15) is 9.59 Å². The quantitative estimate of drug-likeness (QED) is 0.907. The van der Waals surface area contributed by atoms with Gasteiger partial charge in [-0.05, 0) is 43.2 Å². The zero-order chi connectivity index (χ0) is 17.3. The number of rotatable bonds is 4. The Hall–Kier alpha value is -2.82. The van der Waals surface area contributed by atoms with Crippen LogP contribution in [0, 0.1) is 0 Å². The highest BCUT2D eigenvalue weighted by atomic mass is 16.5. The number of hydrogen-bond acceptors (Lipinski definition) is 3. The van der Waals surface area contributed by atoms with Crippen molar-refractivity contribution in [2.24, 2.45) is 5.73 Å². The van der Waals surface area contributed by atoms with Gasteiger partial charge in [0, 0.05) is 29.7 Å². The van der Waals surface area contributed by atoms with Gasteiger partial charge in [0.2, 0.25) is 11.8 Å². The number of primary amides is 1. The first-order valence-corrected chi connectivity index (χ1v) is 7.94. The van der Waals surface area contributed by atoms with E-state index in [-0.39, 0.29) is 17.9 Å². The van der Waals surface area contributed by atoms with E-state index < -0.39 is 5.91 Å². The Labute approximate surface area is 140 Å². The molecule has 2 aromatic rings. The van der Waals surface area contributed by atoms with Crippen molar-refractivity contribution in [1.29, 1.82) is 0 Å². The SMILES string of the molecule is CC(C)Oc1ccc2c(c1)NC(=O)CC2c1ccc(C(N)=O)cc1. The van der Waals surface area contributed by atoms with Gasteiger partial charge in [-0.15, -0.1) is 0 Å². The zero-order valence-electron chi connectivity index (χ0n) is 13.7. The summed E-state index contributed by atoms with van der Waals surface area (Å²) in [4.78, 5) is 23.3. The van der Waals surface area contributed by atoms with E-state index in [1.165, 1.54) is 0 Å². The average molecular weight is 324 g/mol. The van der Waals surface area contributed by atoms with Crippen molar-refractivity contribution < 1.29 is 14.3 Å². The van der Waals surface area contributed by atoms with Crippen LogP contribution in [0.15, 0.2) is 42.5 Å². The van der Waals surface area contributed by atoms with Crippen LogP contribution in [0.2, 0.25) is 0 Å². The maximum Gasteiger partial charge on any atom is 0.248 e. The lowest BCUT2D eigenvalue weighted by Gasteiger charge is -2.27. The van der Waals surface area contributed by atoms with E-state index in [4.69, 9.17) is 10.5 Å². The highest BCUT2D eigenvalue weighted by Crippen LogP contribution is 2.39. The van der Waals surface area contributed by atoms with E-state index >= 15 is 0 Å². The molecule has 24 heavy (non-hydrogen) atoms. The summed E-state index contributed by atoms with van der Waals surface area (Å²) in [7, 11) is 0. The Balaban J connectivity index is 1.96. The molecule has 0 aromatic heterocycles. The second-order valence-electron chi connectivity index (χ2n) is 6.21. The standard InChI is InChI=1S/C19H20N2O3/c1-11(2)24-14-7-8-15-16(10-18(22)21-17(15)9-14)12-3-5-13(6-4-12)19(20)23/h3-9,11,16H,10H2,1-2H3,(H2,20,23)(H,21,22). The van der Waals surface area contributed by atoms with Crippen molar-refractivity contribution in [2.75, 3.05) is 5.32 Å². The van der Waals surface area contributed by atoms with Gasteiger partial charge >= 0.3 is 0 Å². The fraction of sp³-hybridized carbons (Fsp3) is 0.263. The molecule has 0 fully saturated rings. The Morgan fingerprint density at radius 1 is 1.21 bits per heavy atom. The molecule has 1 aliphatic rings. The molecule has 3 rings (SSSR count). The third kappa shape index (κ3) is 3.25. The number of fused-ring (bicyclic) bond motifs is 1. The van der Waals surface area contributed by atoms with Crippen molar-refractivity contribution >= 4 is 17.5 Å². The second-order valence-corrected chi connectivity index (χ2v) is 6.21. The van der Waals surface area contributed by atoms with Crippen LogP contribution < -0.4 is 15.8 Å². The number of nitrogens with two attached hydrogens (primary N) is 1. The largest absolute Gasteiger partial charge is 0.491 e. The van der Waals surface area contributed by atoms with Gasteiger partial charge in [0.05, 0.1) is 6.10 Å². The third-order valence-corrected chi connectivity index (χ3v) is 4.03. The Morgan fingerprint density at radius 3 is 2.54 bits per heavy atom. The predicted octanol–water partition coefficient (Wildman–Crippen LogP) is 3.05. The van der Waals surface area contributed by atoms with Gasteiger partial charge in [0.25, 0.3) is 0 Å². The van der Waals surface area contributed by atoms with Crippen molar-refractivity contribution in [1.82, 2.24) is 0 Å². The second kappa shape index (κ2) is 6.35. The van der Waals surface area contributed by atoms with Crippen molar-refractivity contribution in [3.63, 3.8) is 0 Å². The number of hydrogen-bond donors (Lipinski definition) is 2. The maximum absolute atomic E-state index is 12.1. The van der Waals surface area contributed by atoms with Gasteiger partial charge < -0.3 is 15.8 Å². The van der Waals surface area contributed by atoms with Gasteiger partial charge in [-0.3, -0.25) is 9.59 Å². The molecule has 3 N–H and O–H groups in total. The molecule has 5 heteroatoms. The summed E-state index contributed by atoms with van der Waals surface area (Å²) in [6.45, 7) is 3.92. The van der Waals surface area contributed by atoms with Crippen LogP contribution in [0.5, 0.6) is 5.75 Å². The van der Waals surface area contributed by atoms with Crippen LogP contribution in [-0.4, -0.2) is 17.9 Å². The number of ether oxygens (including phenoxy) is 1. The molecule has 0 saturated carbocycles. The van der Waals surface area contributed by atoms with Gasteiger partial charge in [-0.1, -0.05) is 18.2 Å². The molecule has 0 aliphatic carbocycles. The summed E-state index contributed by atoms with van der Waals surface area (Å²) >= 11 is 0. The van der Waals surface area contributed by atoms with Crippen molar-refractivity contribution in [2.45, 2.75) is 32.3 Å². The van der Waals surface area contributed by atoms with Gasteiger partial charge in [-0.25, -0.2) is 0 Å². The van der Waals surface area contributed by atoms with Gasteiger partial charge in [0.1, 0.15) is 5.75 Å². The first-order valence-electron chi connectivity index (χ1n) is 7.94. The molecular weight excluding hydrogens is 304 g/mol. The molecule has 1 heterocycles. The van der Waals surface area contributed by atoms with E-state index in [0.717, 1.165) is 22.6 Å². The number of nitrogens with one attached hydrogen (secondary N) is 1. The van der Waals surface area contributed by atoms with Crippen LogP contribution >= 0.6 is 0 Å². The summed E-state index contributed by atoms with van der Waals surface area (Å²) in [5.41, 5.74) is 8.53. The minimum atomic E-state index is -0.459. The monoisotopic (exact) mass is 324 g/mol. The third-order valence-electron chi connectivity index (χ3n) is 4.03. The molecule has 0 radical (unpaired) electrons. The number of benzene rings is 2. The van der Waals surface area contributed by atoms with Gasteiger partial charge in [0.15, 0.2) is 0 Å². The smallest absolute Gasteiger partial charge is 0.248 e. The average Bonchev–Trinajstić information content (AvgIpc) is 2.53. The summed E-state index contributed by atoms with van der Waals surface area (Å²) in [6, 6.07) is 12.9. The van der Waals surface area contributed by atoms with E-state index in [1.807, 2.05) is 44.2 Å². The normalized spacial score (nSPS) is 16.5. The minimum absolute atomic E-state index is 0.0341. The van der Waals surface area contributed by atoms with Crippen LogP contribution in [0.4, 0.5) is 5.69 Å². The predicted molar refractivity (Wildman–Crippen MR) is 92.3 cm³/mol. The van der Waals surface area contributed by atoms with Crippen molar-refractivity contribution in [3.05, 3.63) is 59.2 Å². The number of amides is 2. The fourth-order valence-corrected chi connectivity index (χ4v) is 2.97. The summed E-state index contributed by atoms with van der Waals surface area (Å²) < 4.78 is 5.70.